The molecule has 6 nitrogen and oxygen atoms in total. The molecule has 0 radical (unpaired) electrons. The smallest absolute Gasteiger partial charge is 0.228 e. The molecular formula is C22H23N3O3. The Morgan fingerprint density at radius 3 is 2.32 bits per heavy atom. The molecule has 2 aromatic carbocycles. The zero-order valence-corrected chi connectivity index (χ0v) is 16.2. The number of carbonyl (C=O) groups excluding carboxylic acids is 1. The number of hydrogen-bond donors (Lipinski definition) is 1. The molecule has 1 atom stereocenters. The number of para-hydroxylation sites is 2. The largest absolute Gasteiger partial charge is 0.493 e. The number of carbonyl (C=O) groups is 1. The predicted molar refractivity (Wildman–Crippen MR) is 109 cm³/mol. The van der Waals surface area contributed by atoms with E-state index < -0.39 is 0 Å². The second-order valence-electron chi connectivity index (χ2n) is 7.05. The van der Waals surface area contributed by atoms with Crippen molar-refractivity contribution in [2.45, 2.75) is 25.7 Å². The Bertz CT molecular complexity index is 977. The molecule has 6 heteroatoms. The van der Waals surface area contributed by atoms with Crippen molar-refractivity contribution in [3.05, 3.63) is 48.0 Å². The van der Waals surface area contributed by atoms with Gasteiger partial charge < -0.3 is 14.8 Å². The Hall–Kier alpha value is -3.15. The molecule has 0 bridgehead atoms. The quantitative estimate of drug-likeness (QED) is 0.870. The van der Waals surface area contributed by atoms with Gasteiger partial charge in [-0.25, -0.2) is 4.99 Å². The first-order valence-electron chi connectivity index (χ1n) is 9.36. The highest BCUT2D eigenvalue weighted by Crippen LogP contribution is 2.37. The lowest BCUT2D eigenvalue weighted by atomic mass is 9.92. The van der Waals surface area contributed by atoms with Crippen molar-refractivity contribution in [3.8, 4) is 11.5 Å². The van der Waals surface area contributed by atoms with Crippen LogP contribution in [0.25, 0.3) is 0 Å². The SMILES string of the molecule is COc1ccc([C@@H]2C(C)=Nc3ccccc3N=C2NC(=O)C2CC2)cc1OC. The van der Waals surface area contributed by atoms with Crippen molar-refractivity contribution < 1.29 is 14.3 Å². The molecule has 144 valence electrons. The fraction of sp³-hybridized carbons (Fsp3) is 0.318. The summed E-state index contributed by atoms with van der Waals surface area (Å²) in [7, 11) is 3.21. The molecular weight excluding hydrogens is 354 g/mol. The summed E-state index contributed by atoms with van der Waals surface area (Å²) in [5, 5.41) is 3.06. The summed E-state index contributed by atoms with van der Waals surface area (Å²) >= 11 is 0. The van der Waals surface area contributed by atoms with Crippen molar-refractivity contribution in [2.75, 3.05) is 14.2 Å². The van der Waals surface area contributed by atoms with Crippen LogP contribution in [0.2, 0.25) is 0 Å². The summed E-state index contributed by atoms with van der Waals surface area (Å²) in [6.45, 7) is 1.96. The summed E-state index contributed by atoms with van der Waals surface area (Å²) in [5.74, 6) is 1.70. The van der Waals surface area contributed by atoms with Crippen LogP contribution in [0.15, 0.2) is 52.4 Å². The van der Waals surface area contributed by atoms with Crippen LogP contribution in [0.5, 0.6) is 11.5 Å². The van der Waals surface area contributed by atoms with Crippen LogP contribution in [0.4, 0.5) is 11.4 Å². The number of amidine groups is 1. The van der Waals surface area contributed by atoms with Gasteiger partial charge in [0, 0.05) is 11.6 Å². The molecule has 1 saturated carbocycles. The van der Waals surface area contributed by atoms with E-state index >= 15 is 0 Å². The monoisotopic (exact) mass is 377 g/mol. The van der Waals surface area contributed by atoms with Crippen molar-refractivity contribution in [1.82, 2.24) is 5.32 Å². The maximum Gasteiger partial charge on any atom is 0.228 e. The van der Waals surface area contributed by atoms with E-state index in [-0.39, 0.29) is 17.7 Å². The number of aliphatic imine (C=N–C) groups is 2. The second kappa shape index (κ2) is 7.46. The maximum absolute atomic E-state index is 12.5. The van der Waals surface area contributed by atoms with Crippen molar-refractivity contribution in [1.29, 1.82) is 0 Å². The molecule has 0 spiro atoms. The van der Waals surface area contributed by atoms with Gasteiger partial charge in [-0.1, -0.05) is 18.2 Å². The van der Waals surface area contributed by atoms with Gasteiger partial charge in [-0.05, 0) is 49.6 Å². The second-order valence-corrected chi connectivity index (χ2v) is 7.05. The molecule has 2 aromatic rings. The number of ether oxygens (including phenoxy) is 2. The molecule has 1 aliphatic carbocycles. The first-order valence-corrected chi connectivity index (χ1v) is 9.36. The van der Waals surface area contributed by atoms with Gasteiger partial charge in [0.05, 0.1) is 31.5 Å². The fourth-order valence-corrected chi connectivity index (χ4v) is 3.41. The third kappa shape index (κ3) is 3.50. The fourth-order valence-electron chi connectivity index (χ4n) is 3.41. The highest BCUT2D eigenvalue weighted by atomic mass is 16.5. The molecule has 1 aliphatic heterocycles. The average molecular weight is 377 g/mol. The standard InChI is InChI=1S/C22H23N3O3/c1-13-20(15-10-11-18(27-2)19(12-15)28-3)21(25-22(26)14-8-9-14)24-17-7-5-4-6-16(17)23-13/h4-7,10-12,14,20H,8-9H2,1-3H3,(H,24,25,26)/t20-/m0/s1. The van der Waals surface area contributed by atoms with Crippen molar-refractivity contribution in [3.63, 3.8) is 0 Å². The van der Waals surface area contributed by atoms with Gasteiger partial charge in [-0.3, -0.25) is 9.79 Å². The molecule has 1 N–H and O–H groups in total. The first kappa shape index (κ1) is 18.2. The Morgan fingerprint density at radius 2 is 1.68 bits per heavy atom. The third-order valence-electron chi connectivity index (χ3n) is 5.05. The van der Waals surface area contributed by atoms with Crippen LogP contribution >= 0.6 is 0 Å². The van der Waals surface area contributed by atoms with Crippen LogP contribution in [0.1, 0.15) is 31.2 Å². The van der Waals surface area contributed by atoms with Crippen LogP contribution in [0, 0.1) is 5.92 Å². The van der Waals surface area contributed by atoms with E-state index in [0.29, 0.717) is 17.3 Å². The van der Waals surface area contributed by atoms with Crippen LogP contribution < -0.4 is 14.8 Å². The number of methoxy groups -OCH3 is 2. The lowest BCUT2D eigenvalue weighted by Gasteiger charge is -2.20. The van der Waals surface area contributed by atoms with Gasteiger partial charge >= 0.3 is 0 Å². The van der Waals surface area contributed by atoms with E-state index in [4.69, 9.17) is 19.5 Å². The number of nitrogens with zero attached hydrogens (tertiary/aromatic N) is 2. The predicted octanol–water partition coefficient (Wildman–Crippen LogP) is 4.15. The Labute approximate surface area is 164 Å². The van der Waals surface area contributed by atoms with E-state index in [0.717, 1.165) is 35.5 Å². The number of fused-ring (bicyclic) bond motifs is 1. The summed E-state index contributed by atoms with van der Waals surface area (Å²) in [6, 6.07) is 13.4. The van der Waals surface area contributed by atoms with Gasteiger partial charge in [0.2, 0.25) is 5.91 Å². The van der Waals surface area contributed by atoms with Crippen molar-refractivity contribution in [2.24, 2.45) is 15.9 Å². The Morgan fingerprint density at radius 1 is 1.00 bits per heavy atom. The highest BCUT2D eigenvalue weighted by molar-refractivity contribution is 6.17. The van der Waals surface area contributed by atoms with Crippen LogP contribution in [0.3, 0.4) is 0 Å². The van der Waals surface area contributed by atoms with Gasteiger partial charge in [-0.2, -0.15) is 0 Å². The third-order valence-corrected chi connectivity index (χ3v) is 5.05. The van der Waals surface area contributed by atoms with Crippen LogP contribution in [-0.4, -0.2) is 31.7 Å². The zero-order valence-electron chi connectivity index (χ0n) is 16.2. The average Bonchev–Trinajstić information content (AvgIpc) is 3.55. The minimum absolute atomic E-state index is 0.0245. The van der Waals surface area contributed by atoms with Gasteiger partial charge in [0.1, 0.15) is 5.84 Å². The molecule has 0 aromatic heterocycles. The molecule has 1 fully saturated rings. The van der Waals surface area contributed by atoms with Gasteiger partial charge in [-0.15, -0.1) is 0 Å². The van der Waals surface area contributed by atoms with E-state index in [1.54, 1.807) is 14.2 Å². The Kier molecular flexibility index (Phi) is 4.86. The van der Waals surface area contributed by atoms with E-state index in [9.17, 15) is 4.79 Å². The van der Waals surface area contributed by atoms with E-state index in [1.165, 1.54) is 0 Å². The minimum atomic E-state index is -0.282. The van der Waals surface area contributed by atoms with E-state index in [2.05, 4.69) is 5.32 Å². The van der Waals surface area contributed by atoms with Crippen LogP contribution in [-0.2, 0) is 4.79 Å². The van der Waals surface area contributed by atoms with Gasteiger partial charge in [0.25, 0.3) is 0 Å². The maximum atomic E-state index is 12.5. The van der Waals surface area contributed by atoms with Crippen molar-refractivity contribution >= 4 is 28.8 Å². The number of nitrogens with one attached hydrogen (secondary N) is 1. The lowest BCUT2D eigenvalue weighted by molar-refractivity contribution is -0.120. The lowest BCUT2D eigenvalue weighted by Crippen LogP contribution is -2.38. The number of rotatable bonds is 4. The molecule has 1 heterocycles. The highest BCUT2D eigenvalue weighted by Gasteiger charge is 2.33. The zero-order chi connectivity index (χ0) is 19.7. The summed E-state index contributed by atoms with van der Waals surface area (Å²) < 4.78 is 10.8. The minimum Gasteiger partial charge on any atom is -0.493 e. The Balaban J connectivity index is 1.81. The molecule has 0 unspecified atom stereocenters. The van der Waals surface area contributed by atoms with E-state index in [1.807, 2.05) is 49.4 Å². The topological polar surface area (TPSA) is 72.3 Å². The number of amides is 1. The molecule has 1 amide bonds. The van der Waals surface area contributed by atoms with Gasteiger partial charge in [0.15, 0.2) is 11.5 Å². The first-order chi connectivity index (χ1) is 13.6. The molecule has 0 saturated heterocycles. The molecule has 28 heavy (non-hydrogen) atoms. The molecule has 4 rings (SSSR count). The summed E-state index contributed by atoms with van der Waals surface area (Å²) in [4.78, 5) is 22.1. The summed E-state index contributed by atoms with van der Waals surface area (Å²) in [5.41, 5.74) is 3.32. The number of benzene rings is 2. The molecule has 2 aliphatic rings. The number of hydrogen-bond acceptors (Lipinski definition) is 5. The normalized spacial score (nSPS) is 18.3. The summed E-state index contributed by atoms with van der Waals surface area (Å²) in [6.07, 6.45) is 1.87.